The number of methoxy groups -OCH3 is 1. The summed E-state index contributed by atoms with van der Waals surface area (Å²) in [6.07, 6.45) is 4.82. The van der Waals surface area contributed by atoms with Crippen LogP contribution in [-0.4, -0.2) is 88.5 Å². The Morgan fingerprint density at radius 1 is 1.19 bits per heavy atom. The van der Waals surface area contributed by atoms with Crippen LogP contribution in [0.4, 0.5) is 0 Å². The van der Waals surface area contributed by atoms with Gasteiger partial charge < -0.3 is 29.5 Å². The van der Waals surface area contributed by atoms with Crippen molar-refractivity contribution in [2.75, 3.05) is 39.9 Å². The quantitative estimate of drug-likeness (QED) is 0.430. The molecule has 3 aromatic rings. The molecule has 0 radical (unpaired) electrons. The maximum Gasteiger partial charge on any atom is 0.254 e. The van der Waals surface area contributed by atoms with E-state index in [9.17, 15) is 14.7 Å². The number of nitrogens with zero attached hydrogens (tertiary/aromatic N) is 4. The molecule has 2 aliphatic heterocycles. The number of ether oxygens (including phenoxy) is 3. The van der Waals surface area contributed by atoms with E-state index in [1.165, 1.54) is 12.0 Å². The molecule has 0 saturated carbocycles. The van der Waals surface area contributed by atoms with E-state index in [0.717, 1.165) is 24.1 Å². The number of hydrogen-bond acceptors (Lipinski definition) is 8. The van der Waals surface area contributed by atoms with Crippen LogP contribution in [0.5, 0.6) is 17.2 Å². The summed E-state index contributed by atoms with van der Waals surface area (Å²) in [7, 11) is 1.54. The standard InChI is InChI=1S/C32H41N5O6/c1-22(2)37-18-24(16-33-37)17-35-12-10-28-27(19-35)34-31(39)20-36(11-5-13-38)32(40)25-8-9-29(41-3)30(15-25)43-26-7-4-6-23(14-26)21-42-28/h4,6-9,14-16,18,22,27-28,38H,5,10-13,17,19-21H2,1-3H3,(H,34,39)/t27-,28-/m0/s1. The first-order valence-electron chi connectivity index (χ1n) is 14.8. The molecule has 2 amide bonds. The minimum Gasteiger partial charge on any atom is -0.493 e. The summed E-state index contributed by atoms with van der Waals surface area (Å²) in [4.78, 5) is 30.9. The fraction of sp³-hybridized carbons (Fsp3) is 0.469. The lowest BCUT2D eigenvalue weighted by molar-refractivity contribution is -0.125. The summed E-state index contributed by atoms with van der Waals surface area (Å²) in [6, 6.07) is 12.6. The van der Waals surface area contributed by atoms with Gasteiger partial charge in [-0.2, -0.15) is 5.10 Å². The Hall–Kier alpha value is -3.93. The van der Waals surface area contributed by atoms with Crippen molar-refractivity contribution in [2.45, 2.75) is 58.0 Å². The molecule has 11 nitrogen and oxygen atoms in total. The van der Waals surface area contributed by atoms with Crippen LogP contribution in [0.15, 0.2) is 54.9 Å². The van der Waals surface area contributed by atoms with Gasteiger partial charge in [-0.25, -0.2) is 0 Å². The number of hydrogen-bond donors (Lipinski definition) is 2. The largest absolute Gasteiger partial charge is 0.493 e. The van der Waals surface area contributed by atoms with Gasteiger partial charge in [0.2, 0.25) is 5.91 Å². The van der Waals surface area contributed by atoms with Crippen molar-refractivity contribution in [2.24, 2.45) is 0 Å². The van der Waals surface area contributed by atoms with Gasteiger partial charge in [-0.1, -0.05) is 12.1 Å². The molecule has 2 aliphatic rings. The number of aromatic nitrogens is 2. The van der Waals surface area contributed by atoms with E-state index in [4.69, 9.17) is 14.2 Å². The second kappa shape index (κ2) is 14.0. The molecule has 1 aromatic heterocycles. The van der Waals surface area contributed by atoms with Crippen molar-refractivity contribution >= 4 is 11.8 Å². The number of amides is 2. The lowest BCUT2D eigenvalue weighted by atomic mass is 10.0. The Labute approximate surface area is 252 Å². The predicted molar refractivity (Wildman–Crippen MR) is 160 cm³/mol. The van der Waals surface area contributed by atoms with Crippen LogP contribution in [-0.2, 0) is 22.7 Å². The maximum absolute atomic E-state index is 13.6. The minimum absolute atomic E-state index is 0.0976. The second-order valence-electron chi connectivity index (χ2n) is 11.4. The zero-order chi connectivity index (χ0) is 30.3. The monoisotopic (exact) mass is 591 g/mol. The number of aliphatic hydroxyl groups excluding tert-OH is 1. The molecule has 2 atom stereocenters. The van der Waals surface area contributed by atoms with Crippen molar-refractivity contribution in [1.29, 1.82) is 0 Å². The molecule has 4 bridgehead atoms. The van der Waals surface area contributed by atoms with E-state index in [1.807, 2.05) is 35.1 Å². The lowest BCUT2D eigenvalue weighted by Gasteiger charge is -2.39. The number of carbonyl (C=O) groups excluding carboxylic acids is 2. The molecular weight excluding hydrogens is 550 g/mol. The summed E-state index contributed by atoms with van der Waals surface area (Å²) in [5, 5.41) is 17.1. The number of carbonyl (C=O) groups is 2. The highest BCUT2D eigenvalue weighted by Crippen LogP contribution is 2.33. The molecule has 5 rings (SSSR count). The van der Waals surface area contributed by atoms with Gasteiger partial charge in [0, 0.05) is 56.2 Å². The van der Waals surface area contributed by atoms with Gasteiger partial charge in [0.05, 0.1) is 38.6 Å². The van der Waals surface area contributed by atoms with Crippen LogP contribution in [0.1, 0.15) is 54.2 Å². The van der Waals surface area contributed by atoms with Crippen molar-refractivity contribution in [3.8, 4) is 17.2 Å². The number of fused-ring (bicyclic) bond motifs is 5. The van der Waals surface area contributed by atoms with Gasteiger partial charge >= 0.3 is 0 Å². The van der Waals surface area contributed by atoms with Gasteiger partial charge in [0.25, 0.3) is 5.91 Å². The van der Waals surface area contributed by atoms with Crippen LogP contribution < -0.4 is 14.8 Å². The fourth-order valence-electron chi connectivity index (χ4n) is 5.52. The van der Waals surface area contributed by atoms with E-state index in [0.29, 0.717) is 48.9 Å². The van der Waals surface area contributed by atoms with Gasteiger partial charge in [-0.3, -0.25) is 19.2 Å². The Morgan fingerprint density at radius 2 is 2.05 bits per heavy atom. The van der Waals surface area contributed by atoms with Crippen molar-refractivity contribution < 1.29 is 28.9 Å². The zero-order valence-electron chi connectivity index (χ0n) is 25.1. The molecule has 1 fully saturated rings. The van der Waals surface area contributed by atoms with Gasteiger partial charge in [-0.15, -0.1) is 0 Å². The smallest absolute Gasteiger partial charge is 0.254 e. The highest BCUT2D eigenvalue weighted by atomic mass is 16.5. The highest BCUT2D eigenvalue weighted by molar-refractivity contribution is 5.97. The number of nitrogens with one attached hydrogen (secondary N) is 1. The number of likely N-dealkylation sites (tertiary alicyclic amines) is 1. The maximum atomic E-state index is 13.6. The molecule has 0 unspecified atom stereocenters. The predicted octanol–water partition coefficient (Wildman–Crippen LogP) is 3.38. The third-order valence-electron chi connectivity index (χ3n) is 7.78. The molecule has 2 N–H and O–H groups in total. The third kappa shape index (κ3) is 7.73. The number of benzene rings is 2. The first-order chi connectivity index (χ1) is 20.8. The van der Waals surface area contributed by atoms with E-state index in [2.05, 4.69) is 35.4 Å². The summed E-state index contributed by atoms with van der Waals surface area (Å²) in [6.45, 7) is 6.64. The molecule has 1 saturated heterocycles. The Kier molecular flexibility index (Phi) is 9.96. The van der Waals surface area contributed by atoms with E-state index < -0.39 is 0 Å². The van der Waals surface area contributed by atoms with Gasteiger partial charge in [0.1, 0.15) is 5.75 Å². The zero-order valence-corrected chi connectivity index (χ0v) is 25.1. The van der Waals surface area contributed by atoms with E-state index in [1.54, 1.807) is 18.2 Å². The average Bonchev–Trinajstić information content (AvgIpc) is 3.47. The van der Waals surface area contributed by atoms with E-state index in [-0.39, 0.29) is 49.7 Å². The molecule has 43 heavy (non-hydrogen) atoms. The summed E-state index contributed by atoms with van der Waals surface area (Å²) in [5.74, 6) is 0.840. The van der Waals surface area contributed by atoms with Crippen LogP contribution in [0.2, 0.25) is 0 Å². The summed E-state index contributed by atoms with van der Waals surface area (Å²) >= 11 is 0. The second-order valence-corrected chi connectivity index (χ2v) is 11.4. The molecule has 11 heteroatoms. The summed E-state index contributed by atoms with van der Waals surface area (Å²) in [5.41, 5.74) is 2.40. The van der Waals surface area contributed by atoms with Gasteiger partial charge in [0.15, 0.2) is 11.5 Å². The van der Waals surface area contributed by atoms with Crippen LogP contribution in [0, 0.1) is 0 Å². The van der Waals surface area contributed by atoms with E-state index >= 15 is 0 Å². The first-order valence-corrected chi connectivity index (χ1v) is 14.8. The number of rotatable bonds is 7. The molecular formula is C32H41N5O6. The molecule has 2 aromatic carbocycles. The fourth-order valence-corrected chi connectivity index (χ4v) is 5.52. The molecule has 230 valence electrons. The van der Waals surface area contributed by atoms with Crippen LogP contribution in [0.25, 0.3) is 0 Å². The third-order valence-corrected chi connectivity index (χ3v) is 7.78. The van der Waals surface area contributed by atoms with Crippen LogP contribution in [0.3, 0.4) is 0 Å². The molecule has 0 aliphatic carbocycles. The van der Waals surface area contributed by atoms with Crippen molar-refractivity contribution in [3.05, 3.63) is 71.5 Å². The first kappa shape index (κ1) is 30.5. The SMILES string of the molecule is COc1ccc2cc1Oc1cccc(c1)CO[C@H]1CCN(Cc3cnn(C(C)C)c3)C[C@@H]1NC(=O)CN(CCCO)C2=O. The number of aliphatic hydroxyl groups is 1. The molecule has 3 heterocycles. The van der Waals surface area contributed by atoms with Gasteiger partial charge in [-0.05, 0) is 62.6 Å². The van der Waals surface area contributed by atoms with Crippen molar-refractivity contribution in [1.82, 2.24) is 24.9 Å². The summed E-state index contributed by atoms with van der Waals surface area (Å²) < 4.78 is 20.0. The molecule has 0 spiro atoms. The Morgan fingerprint density at radius 3 is 2.81 bits per heavy atom. The Balaban J connectivity index is 1.41. The highest BCUT2D eigenvalue weighted by Gasteiger charge is 2.32. The Bertz CT molecular complexity index is 1410. The normalized spacial score (nSPS) is 20.0. The van der Waals surface area contributed by atoms with Crippen molar-refractivity contribution in [3.63, 3.8) is 0 Å². The minimum atomic E-state index is -0.336. The topological polar surface area (TPSA) is 118 Å². The average molecular weight is 592 g/mol. The van der Waals surface area contributed by atoms with Crippen LogP contribution >= 0.6 is 0 Å². The lowest BCUT2D eigenvalue weighted by Crippen LogP contribution is -2.57. The number of piperidine rings is 1.